The summed E-state index contributed by atoms with van der Waals surface area (Å²) in [6.45, 7) is 10.7. The minimum absolute atomic E-state index is 0.170. The molecule has 1 atom stereocenters. The molecule has 5 nitrogen and oxygen atoms in total. The first kappa shape index (κ1) is 11.8. The minimum atomic E-state index is 0.170. The zero-order valence-corrected chi connectivity index (χ0v) is 11.0. The van der Waals surface area contributed by atoms with E-state index in [1.54, 1.807) is 6.20 Å². The maximum absolute atomic E-state index is 4.34. The van der Waals surface area contributed by atoms with Crippen molar-refractivity contribution < 1.29 is 0 Å². The van der Waals surface area contributed by atoms with Crippen LogP contribution in [0.3, 0.4) is 0 Å². The van der Waals surface area contributed by atoms with E-state index in [1.165, 1.54) is 0 Å². The largest absolute Gasteiger partial charge is 0.364 e. The Hall–Kier alpha value is -1.65. The van der Waals surface area contributed by atoms with Crippen molar-refractivity contribution in [3.05, 3.63) is 18.2 Å². The molecule has 2 heterocycles. The first-order chi connectivity index (χ1) is 7.89. The molecule has 2 aromatic heterocycles. The maximum atomic E-state index is 4.34. The van der Waals surface area contributed by atoms with Gasteiger partial charge in [0.15, 0.2) is 5.82 Å². The molecule has 2 aromatic rings. The highest BCUT2D eigenvalue weighted by Gasteiger charge is 2.21. The molecule has 0 aliphatic heterocycles. The lowest BCUT2D eigenvalue weighted by molar-refractivity contribution is 0.359. The third kappa shape index (κ3) is 2.23. The lowest BCUT2D eigenvalue weighted by Crippen LogP contribution is -2.31. The molecular formula is C12H19N5. The number of nitrogens with one attached hydrogen (secondary N) is 1. The molecular weight excluding hydrogens is 214 g/mol. The monoisotopic (exact) mass is 233 g/mol. The lowest BCUT2D eigenvalue weighted by Gasteiger charge is -2.28. The molecule has 0 bridgehead atoms. The van der Waals surface area contributed by atoms with Crippen molar-refractivity contribution in [2.24, 2.45) is 5.41 Å². The maximum Gasteiger partial charge on any atom is 0.203 e. The molecule has 0 aliphatic rings. The van der Waals surface area contributed by atoms with Crippen molar-refractivity contribution in [2.45, 2.75) is 40.7 Å². The number of anilines is 1. The van der Waals surface area contributed by atoms with Gasteiger partial charge in [0, 0.05) is 18.4 Å². The Bertz CT molecular complexity index is 523. The predicted molar refractivity (Wildman–Crippen MR) is 68.1 cm³/mol. The fraction of sp³-hybridized carbons (Fsp3) is 0.583. The molecule has 0 spiro atoms. The normalized spacial score (nSPS) is 13.9. The summed E-state index contributed by atoms with van der Waals surface area (Å²) in [5, 5.41) is 11.6. The third-order valence-electron chi connectivity index (χ3n) is 3.15. The van der Waals surface area contributed by atoms with E-state index >= 15 is 0 Å². The highest BCUT2D eigenvalue weighted by Crippen LogP contribution is 2.23. The summed E-state index contributed by atoms with van der Waals surface area (Å²) in [4.78, 5) is 4.34. The smallest absolute Gasteiger partial charge is 0.203 e. The summed E-state index contributed by atoms with van der Waals surface area (Å²) in [6, 6.07) is 0.304. The van der Waals surface area contributed by atoms with Crippen LogP contribution in [0, 0.1) is 12.3 Å². The highest BCUT2D eigenvalue weighted by atomic mass is 15.3. The van der Waals surface area contributed by atoms with Crippen molar-refractivity contribution in [1.29, 1.82) is 0 Å². The zero-order valence-electron chi connectivity index (χ0n) is 11.0. The Morgan fingerprint density at radius 1 is 1.29 bits per heavy atom. The molecule has 2 rings (SSSR count). The Labute approximate surface area is 101 Å². The number of hydrogen-bond acceptors (Lipinski definition) is 4. The van der Waals surface area contributed by atoms with Crippen LogP contribution in [0.4, 0.5) is 5.82 Å². The topological polar surface area (TPSA) is 55.1 Å². The molecule has 0 amide bonds. The molecule has 0 saturated heterocycles. The van der Waals surface area contributed by atoms with Gasteiger partial charge in [0.1, 0.15) is 5.82 Å². The van der Waals surface area contributed by atoms with Crippen molar-refractivity contribution in [1.82, 2.24) is 19.6 Å². The van der Waals surface area contributed by atoms with E-state index in [0.29, 0.717) is 6.04 Å². The van der Waals surface area contributed by atoms with Crippen molar-refractivity contribution in [2.75, 3.05) is 5.32 Å². The molecule has 1 unspecified atom stereocenters. The average Bonchev–Trinajstić information content (AvgIpc) is 2.60. The molecule has 0 radical (unpaired) electrons. The van der Waals surface area contributed by atoms with Crippen LogP contribution < -0.4 is 5.32 Å². The van der Waals surface area contributed by atoms with Crippen LogP contribution in [0.5, 0.6) is 0 Å². The second kappa shape index (κ2) is 3.98. The lowest BCUT2D eigenvalue weighted by atomic mass is 9.88. The summed E-state index contributed by atoms with van der Waals surface area (Å²) in [5.41, 5.74) is 0.949. The SMILES string of the molecule is Cc1nnc2c(NC(C)C(C)(C)C)nccn12. The fourth-order valence-corrected chi connectivity index (χ4v) is 1.46. The van der Waals surface area contributed by atoms with Gasteiger partial charge in [0.25, 0.3) is 0 Å². The summed E-state index contributed by atoms with van der Waals surface area (Å²) < 4.78 is 1.94. The third-order valence-corrected chi connectivity index (χ3v) is 3.15. The zero-order chi connectivity index (χ0) is 12.6. The van der Waals surface area contributed by atoms with Crippen LogP contribution in [0.1, 0.15) is 33.5 Å². The van der Waals surface area contributed by atoms with Crippen molar-refractivity contribution >= 4 is 11.5 Å². The van der Waals surface area contributed by atoms with Gasteiger partial charge in [0.05, 0.1) is 0 Å². The fourth-order valence-electron chi connectivity index (χ4n) is 1.46. The van der Waals surface area contributed by atoms with Crippen molar-refractivity contribution in [3.8, 4) is 0 Å². The Kier molecular flexibility index (Phi) is 2.77. The van der Waals surface area contributed by atoms with Crippen LogP contribution in [0.25, 0.3) is 5.65 Å². The van der Waals surface area contributed by atoms with E-state index in [-0.39, 0.29) is 5.41 Å². The summed E-state index contributed by atoms with van der Waals surface area (Å²) in [6.07, 6.45) is 3.64. The van der Waals surface area contributed by atoms with Crippen molar-refractivity contribution in [3.63, 3.8) is 0 Å². The molecule has 0 fully saturated rings. The molecule has 92 valence electrons. The van der Waals surface area contributed by atoms with Gasteiger partial charge in [-0.25, -0.2) is 4.98 Å². The van der Waals surface area contributed by atoms with Gasteiger partial charge in [0.2, 0.25) is 5.65 Å². The Morgan fingerprint density at radius 2 is 2.00 bits per heavy atom. The second-order valence-electron chi connectivity index (χ2n) is 5.45. The van der Waals surface area contributed by atoms with Crippen LogP contribution >= 0.6 is 0 Å². The molecule has 0 aliphatic carbocycles. The van der Waals surface area contributed by atoms with E-state index in [1.807, 2.05) is 17.5 Å². The predicted octanol–water partition coefficient (Wildman–Crippen LogP) is 2.28. The van der Waals surface area contributed by atoms with E-state index in [4.69, 9.17) is 0 Å². The van der Waals surface area contributed by atoms with Crippen LogP contribution in [-0.2, 0) is 0 Å². The van der Waals surface area contributed by atoms with E-state index < -0.39 is 0 Å². The van der Waals surface area contributed by atoms with Gasteiger partial charge in [-0.1, -0.05) is 20.8 Å². The molecule has 5 heteroatoms. The van der Waals surface area contributed by atoms with Crippen LogP contribution in [0.2, 0.25) is 0 Å². The molecule has 0 aromatic carbocycles. The van der Waals surface area contributed by atoms with Crippen LogP contribution in [-0.4, -0.2) is 25.6 Å². The Balaban J connectivity index is 2.37. The second-order valence-corrected chi connectivity index (χ2v) is 5.45. The first-order valence-corrected chi connectivity index (χ1v) is 5.82. The molecule has 17 heavy (non-hydrogen) atoms. The van der Waals surface area contributed by atoms with E-state index in [9.17, 15) is 0 Å². The average molecular weight is 233 g/mol. The van der Waals surface area contributed by atoms with Gasteiger partial charge in [-0.2, -0.15) is 0 Å². The van der Waals surface area contributed by atoms with E-state index in [2.05, 4.69) is 48.2 Å². The first-order valence-electron chi connectivity index (χ1n) is 5.82. The Morgan fingerprint density at radius 3 is 2.65 bits per heavy atom. The quantitative estimate of drug-likeness (QED) is 0.864. The summed E-state index contributed by atoms with van der Waals surface area (Å²) >= 11 is 0. The number of hydrogen-bond donors (Lipinski definition) is 1. The minimum Gasteiger partial charge on any atom is -0.364 e. The van der Waals surface area contributed by atoms with Gasteiger partial charge in [-0.05, 0) is 19.3 Å². The number of fused-ring (bicyclic) bond motifs is 1. The van der Waals surface area contributed by atoms with E-state index in [0.717, 1.165) is 17.3 Å². The van der Waals surface area contributed by atoms with Gasteiger partial charge >= 0.3 is 0 Å². The number of aromatic nitrogens is 4. The van der Waals surface area contributed by atoms with Gasteiger partial charge in [-0.15, -0.1) is 10.2 Å². The summed E-state index contributed by atoms with van der Waals surface area (Å²) in [7, 11) is 0. The van der Waals surface area contributed by atoms with Gasteiger partial charge in [-0.3, -0.25) is 4.40 Å². The summed E-state index contributed by atoms with van der Waals surface area (Å²) in [5.74, 6) is 1.66. The molecule has 1 N–H and O–H groups in total. The highest BCUT2D eigenvalue weighted by molar-refractivity contribution is 5.62. The molecule has 0 saturated carbocycles. The van der Waals surface area contributed by atoms with Crippen LogP contribution in [0.15, 0.2) is 12.4 Å². The number of nitrogens with zero attached hydrogens (tertiary/aromatic N) is 4. The number of aryl methyl sites for hydroxylation is 1. The standard InChI is InChI=1S/C12H19N5/c1-8(12(3,4)5)14-10-11-16-15-9(2)17(11)7-6-13-10/h6-8H,1-5H3,(H,13,14). The number of rotatable bonds is 2. The van der Waals surface area contributed by atoms with Gasteiger partial charge < -0.3 is 5.32 Å².